The van der Waals surface area contributed by atoms with E-state index in [2.05, 4.69) is 10.2 Å². The van der Waals surface area contributed by atoms with Crippen LogP contribution >= 0.6 is 0 Å². The van der Waals surface area contributed by atoms with E-state index < -0.39 is 0 Å². The Balaban J connectivity index is 2.10. The number of hydrogen-bond acceptors (Lipinski definition) is 2. The van der Waals surface area contributed by atoms with Crippen molar-refractivity contribution in [3.05, 3.63) is 11.9 Å². The fourth-order valence-corrected chi connectivity index (χ4v) is 2.20. The molecule has 1 saturated carbocycles. The molecule has 3 nitrogen and oxygen atoms in total. The van der Waals surface area contributed by atoms with Crippen molar-refractivity contribution in [2.45, 2.75) is 44.4 Å². The SMILES string of the molecule is Nc1cn[nH]c1C1CCCCCC1. The largest absolute Gasteiger partial charge is 0.396 e. The van der Waals surface area contributed by atoms with Crippen LogP contribution in [0.5, 0.6) is 0 Å². The van der Waals surface area contributed by atoms with Crippen LogP contribution in [0.2, 0.25) is 0 Å². The van der Waals surface area contributed by atoms with E-state index in [4.69, 9.17) is 5.73 Å². The van der Waals surface area contributed by atoms with E-state index in [1.807, 2.05) is 0 Å². The second-order valence-corrected chi connectivity index (χ2v) is 3.93. The van der Waals surface area contributed by atoms with Crippen LogP contribution < -0.4 is 5.73 Å². The molecule has 1 aromatic heterocycles. The Labute approximate surface area is 78.7 Å². The summed E-state index contributed by atoms with van der Waals surface area (Å²) in [5.41, 5.74) is 7.84. The average molecular weight is 179 g/mol. The number of anilines is 1. The molecule has 1 aromatic rings. The fraction of sp³-hybridized carbons (Fsp3) is 0.700. The van der Waals surface area contributed by atoms with Gasteiger partial charge in [0.15, 0.2) is 0 Å². The van der Waals surface area contributed by atoms with E-state index in [1.54, 1.807) is 6.20 Å². The molecule has 72 valence electrons. The zero-order valence-corrected chi connectivity index (χ0v) is 7.92. The molecule has 0 aromatic carbocycles. The minimum absolute atomic E-state index is 0.630. The van der Waals surface area contributed by atoms with Crippen molar-refractivity contribution in [2.24, 2.45) is 0 Å². The Morgan fingerprint density at radius 2 is 1.92 bits per heavy atom. The van der Waals surface area contributed by atoms with Crippen molar-refractivity contribution in [3.63, 3.8) is 0 Å². The molecule has 1 aliphatic carbocycles. The summed E-state index contributed by atoms with van der Waals surface area (Å²) >= 11 is 0. The van der Waals surface area contributed by atoms with Crippen molar-refractivity contribution in [1.82, 2.24) is 10.2 Å². The third-order valence-electron chi connectivity index (χ3n) is 2.96. The van der Waals surface area contributed by atoms with Gasteiger partial charge in [-0.2, -0.15) is 5.10 Å². The maximum absolute atomic E-state index is 5.83. The summed E-state index contributed by atoms with van der Waals surface area (Å²) in [5.74, 6) is 0.630. The quantitative estimate of drug-likeness (QED) is 0.650. The normalized spacial score (nSPS) is 20.0. The molecule has 0 unspecified atom stereocenters. The molecular weight excluding hydrogens is 162 g/mol. The smallest absolute Gasteiger partial charge is 0.0733 e. The van der Waals surface area contributed by atoms with E-state index >= 15 is 0 Å². The van der Waals surface area contributed by atoms with Crippen LogP contribution in [-0.4, -0.2) is 10.2 Å². The zero-order chi connectivity index (χ0) is 9.10. The van der Waals surface area contributed by atoms with Crippen molar-refractivity contribution >= 4 is 5.69 Å². The number of nitrogens with zero attached hydrogens (tertiary/aromatic N) is 1. The molecule has 0 bridgehead atoms. The van der Waals surface area contributed by atoms with Crippen LogP contribution in [0.15, 0.2) is 6.20 Å². The minimum atomic E-state index is 0.630. The molecule has 0 spiro atoms. The first-order valence-electron chi connectivity index (χ1n) is 5.16. The lowest BCUT2D eigenvalue weighted by Gasteiger charge is -2.12. The molecule has 13 heavy (non-hydrogen) atoms. The topological polar surface area (TPSA) is 54.7 Å². The van der Waals surface area contributed by atoms with E-state index in [0.717, 1.165) is 5.69 Å². The van der Waals surface area contributed by atoms with Crippen LogP contribution in [0.25, 0.3) is 0 Å². The highest BCUT2D eigenvalue weighted by atomic mass is 15.1. The number of H-pyrrole nitrogens is 1. The second kappa shape index (κ2) is 3.81. The Bertz CT molecular complexity index is 259. The summed E-state index contributed by atoms with van der Waals surface area (Å²) in [6.45, 7) is 0. The molecule has 0 atom stereocenters. The Morgan fingerprint density at radius 1 is 1.23 bits per heavy atom. The van der Waals surface area contributed by atoms with Crippen LogP contribution in [0, 0.1) is 0 Å². The lowest BCUT2D eigenvalue weighted by molar-refractivity contribution is 0.577. The number of nitrogens with one attached hydrogen (secondary N) is 1. The zero-order valence-electron chi connectivity index (χ0n) is 7.92. The highest BCUT2D eigenvalue weighted by molar-refractivity contribution is 5.42. The summed E-state index contributed by atoms with van der Waals surface area (Å²) in [4.78, 5) is 0. The van der Waals surface area contributed by atoms with Gasteiger partial charge in [0.1, 0.15) is 0 Å². The van der Waals surface area contributed by atoms with Crippen LogP contribution in [0.3, 0.4) is 0 Å². The highest BCUT2D eigenvalue weighted by Crippen LogP contribution is 2.32. The summed E-state index contributed by atoms with van der Waals surface area (Å²) < 4.78 is 0. The van der Waals surface area contributed by atoms with Gasteiger partial charge in [0.25, 0.3) is 0 Å². The molecule has 2 rings (SSSR count). The third kappa shape index (κ3) is 1.85. The minimum Gasteiger partial charge on any atom is -0.396 e. The average Bonchev–Trinajstić information content (AvgIpc) is 2.43. The van der Waals surface area contributed by atoms with E-state index in [9.17, 15) is 0 Å². The predicted octanol–water partition coefficient (Wildman–Crippen LogP) is 2.43. The van der Waals surface area contributed by atoms with Gasteiger partial charge in [0.05, 0.1) is 17.6 Å². The lowest BCUT2D eigenvalue weighted by Crippen LogP contribution is -2.01. The fourth-order valence-electron chi connectivity index (χ4n) is 2.20. The maximum atomic E-state index is 5.83. The number of nitrogen functional groups attached to an aromatic ring is 1. The van der Waals surface area contributed by atoms with Gasteiger partial charge in [0, 0.05) is 5.92 Å². The Kier molecular flexibility index (Phi) is 2.52. The van der Waals surface area contributed by atoms with Gasteiger partial charge in [-0.15, -0.1) is 0 Å². The van der Waals surface area contributed by atoms with Crippen LogP contribution in [0.4, 0.5) is 5.69 Å². The monoisotopic (exact) mass is 179 g/mol. The first-order chi connectivity index (χ1) is 6.38. The molecule has 0 aliphatic heterocycles. The van der Waals surface area contributed by atoms with Crippen molar-refractivity contribution in [1.29, 1.82) is 0 Å². The van der Waals surface area contributed by atoms with Gasteiger partial charge in [-0.05, 0) is 12.8 Å². The number of nitrogens with two attached hydrogens (primary N) is 1. The van der Waals surface area contributed by atoms with Crippen molar-refractivity contribution in [2.75, 3.05) is 5.73 Å². The van der Waals surface area contributed by atoms with Crippen LogP contribution in [-0.2, 0) is 0 Å². The van der Waals surface area contributed by atoms with Gasteiger partial charge >= 0.3 is 0 Å². The van der Waals surface area contributed by atoms with Crippen molar-refractivity contribution < 1.29 is 0 Å². The highest BCUT2D eigenvalue weighted by Gasteiger charge is 2.17. The molecule has 3 heteroatoms. The standard InChI is InChI=1S/C10H17N3/c11-9-7-12-13-10(9)8-5-3-1-2-4-6-8/h7-8H,1-6,11H2,(H,12,13). The number of aromatic nitrogens is 2. The molecule has 1 aliphatic rings. The molecule has 1 fully saturated rings. The first-order valence-corrected chi connectivity index (χ1v) is 5.16. The molecule has 3 N–H and O–H groups in total. The van der Waals surface area contributed by atoms with E-state index in [-0.39, 0.29) is 0 Å². The summed E-state index contributed by atoms with van der Waals surface area (Å²) in [5, 5.41) is 7.01. The maximum Gasteiger partial charge on any atom is 0.0733 e. The molecule has 0 saturated heterocycles. The summed E-state index contributed by atoms with van der Waals surface area (Å²) in [6.07, 6.45) is 9.69. The van der Waals surface area contributed by atoms with Gasteiger partial charge in [0.2, 0.25) is 0 Å². The number of aromatic amines is 1. The third-order valence-corrected chi connectivity index (χ3v) is 2.96. The molecular formula is C10H17N3. The van der Waals surface area contributed by atoms with Gasteiger partial charge in [-0.25, -0.2) is 0 Å². The summed E-state index contributed by atoms with van der Waals surface area (Å²) in [6, 6.07) is 0. The van der Waals surface area contributed by atoms with E-state index in [1.165, 1.54) is 44.2 Å². The predicted molar refractivity (Wildman–Crippen MR) is 53.4 cm³/mol. The molecule has 0 amide bonds. The number of rotatable bonds is 1. The Morgan fingerprint density at radius 3 is 2.46 bits per heavy atom. The van der Waals surface area contributed by atoms with Gasteiger partial charge in [-0.1, -0.05) is 25.7 Å². The molecule has 0 radical (unpaired) electrons. The van der Waals surface area contributed by atoms with Gasteiger partial charge in [-0.3, -0.25) is 5.10 Å². The molecule has 1 heterocycles. The number of hydrogen-bond donors (Lipinski definition) is 2. The Hall–Kier alpha value is -0.990. The summed E-state index contributed by atoms with van der Waals surface area (Å²) in [7, 11) is 0. The van der Waals surface area contributed by atoms with Crippen molar-refractivity contribution in [3.8, 4) is 0 Å². The second-order valence-electron chi connectivity index (χ2n) is 3.93. The van der Waals surface area contributed by atoms with Crippen LogP contribution in [0.1, 0.15) is 50.1 Å². The van der Waals surface area contributed by atoms with E-state index in [0.29, 0.717) is 5.92 Å². The van der Waals surface area contributed by atoms with Gasteiger partial charge < -0.3 is 5.73 Å². The lowest BCUT2D eigenvalue weighted by atomic mass is 9.96. The first kappa shape index (κ1) is 8.60.